The Balaban J connectivity index is 2.45. The van der Waals surface area contributed by atoms with Crippen LogP contribution in [0.5, 0.6) is 0 Å². The van der Waals surface area contributed by atoms with Crippen molar-refractivity contribution < 1.29 is 9.31 Å². The zero-order valence-electron chi connectivity index (χ0n) is 10.6. The molecule has 0 unspecified atom stereocenters. The maximum atomic E-state index is 13.4. The molecule has 2 aromatic carbocycles. The molecule has 20 heavy (non-hydrogen) atoms. The van der Waals surface area contributed by atoms with Gasteiger partial charge in [-0.25, -0.2) is 4.39 Å². The lowest BCUT2D eigenvalue weighted by atomic mass is 10.2. The van der Waals surface area contributed by atoms with Crippen LogP contribution in [0.4, 0.5) is 21.5 Å². The molecule has 6 heteroatoms. The van der Waals surface area contributed by atoms with Gasteiger partial charge in [-0.3, -0.25) is 10.1 Å². The van der Waals surface area contributed by atoms with E-state index in [9.17, 15) is 14.5 Å². The summed E-state index contributed by atoms with van der Waals surface area (Å²) in [5.74, 6) is -0.683. The Morgan fingerprint density at radius 2 is 2.00 bits per heavy atom. The summed E-state index contributed by atoms with van der Waals surface area (Å²) < 4.78 is 13.4. The minimum absolute atomic E-state index is 0.316. The molecular weight excluding hydrogens is 261 g/mol. The summed E-state index contributed by atoms with van der Waals surface area (Å²) in [5, 5.41) is 19.6. The van der Waals surface area contributed by atoms with Gasteiger partial charge in [0, 0.05) is 18.8 Å². The van der Waals surface area contributed by atoms with Crippen LogP contribution in [0.15, 0.2) is 42.5 Å². The predicted molar refractivity (Wildman–Crippen MR) is 72.3 cm³/mol. The van der Waals surface area contributed by atoms with Crippen LogP contribution in [0.2, 0.25) is 0 Å². The number of benzene rings is 2. The largest absolute Gasteiger partial charge is 0.344 e. The third kappa shape index (κ3) is 2.72. The summed E-state index contributed by atoms with van der Waals surface area (Å²) in [7, 11) is 1.65. The van der Waals surface area contributed by atoms with Gasteiger partial charge in [0.05, 0.1) is 28.3 Å². The highest BCUT2D eigenvalue weighted by atomic mass is 19.1. The van der Waals surface area contributed by atoms with Crippen molar-refractivity contribution in [3.63, 3.8) is 0 Å². The fourth-order valence-corrected chi connectivity index (χ4v) is 1.79. The SMILES string of the molecule is CN(c1cccc(C#N)c1)c1cc(F)cc([N+](=O)[O-])c1. The zero-order valence-corrected chi connectivity index (χ0v) is 10.6. The fraction of sp³-hybridized carbons (Fsp3) is 0.0714. The van der Waals surface area contributed by atoms with Gasteiger partial charge in [0.1, 0.15) is 5.82 Å². The maximum absolute atomic E-state index is 13.4. The summed E-state index contributed by atoms with van der Waals surface area (Å²) in [5.41, 5.74) is 1.12. The number of halogens is 1. The molecular formula is C14H10FN3O2. The van der Waals surface area contributed by atoms with Crippen LogP contribution in [0.3, 0.4) is 0 Å². The third-order valence-electron chi connectivity index (χ3n) is 2.83. The highest BCUT2D eigenvalue weighted by Crippen LogP contribution is 2.28. The topological polar surface area (TPSA) is 70.2 Å². The molecule has 5 nitrogen and oxygen atoms in total. The van der Waals surface area contributed by atoms with E-state index in [4.69, 9.17) is 5.26 Å². The molecule has 0 N–H and O–H groups in total. The van der Waals surface area contributed by atoms with Gasteiger partial charge in [-0.05, 0) is 24.3 Å². The maximum Gasteiger partial charge on any atom is 0.274 e. The van der Waals surface area contributed by atoms with Crippen LogP contribution in [0.25, 0.3) is 0 Å². The van der Waals surface area contributed by atoms with Gasteiger partial charge < -0.3 is 4.90 Å². The first-order valence-electron chi connectivity index (χ1n) is 5.70. The molecule has 2 rings (SSSR count). The van der Waals surface area contributed by atoms with E-state index in [1.165, 1.54) is 12.1 Å². The van der Waals surface area contributed by atoms with Gasteiger partial charge in [0.15, 0.2) is 0 Å². The highest BCUT2D eigenvalue weighted by Gasteiger charge is 2.13. The van der Waals surface area contributed by atoms with E-state index in [1.54, 1.807) is 36.2 Å². The summed E-state index contributed by atoms with van der Waals surface area (Å²) >= 11 is 0. The van der Waals surface area contributed by atoms with Crippen molar-refractivity contribution in [1.82, 2.24) is 0 Å². The Kier molecular flexibility index (Phi) is 3.62. The second kappa shape index (κ2) is 5.36. The molecule has 100 valence electrons. The number of hydrogen-bond donors (Lipinski definition) is 0. The Bertz CT molecular complexity index is 710. The monoisotopic (exact) mass is 271 g/mol. The minimum atomic E-state index is -0.683. The number of nitro benzene ring substituents is 1. The molecule has 0 aliphatic carbocycles. The molecule has 0 atom stereocenters. The highest BCUT2D eigenvalue weighted by molar-refractivity contribution is 5.66. The van der Waals surface area contributed by atoms with Crippen LogP contribution in [0.1, 0.15) is 5.56 Å². The quantitative estimate of drug-likeness (QED) is 0.633. The van der Waals surface area contributed by atoms with Crippen molar-refractivity contribution >= 4 is 17.1 Å². The molecule has 0 bridgehead atoms. The number of non-ortho nitro benzene ring substituents is 1. The Hall–Kier alpha value is -2.94. The van der Waals surface area contributed by atoms with E-state index in [0.29, 0.717) is 16.9 Å². The van der Waals surface area contributed by atoms with Crippen LogP contribution >= 0.6 is 0 Å². The van der Waals surface area contributed by atoms with Crippen molar-refractivity contribution in [3.05, 3.63) is 64.0 Å². The molecule has 2 aromatic rings. The molecule has 0 aromatic heterocycles. The van der Waals surface area contributed by atoms with Crippen molar-refractivity contribution in [2.45, 2.75) is 0 Å². The van der Waals surface area contributed by atoms with E-state index in [2.05, 4.69) is 0 Å². The Labute approximate surface area is 114 Å². The third-order valence-corrected chi connectivity index (χ3v) is 2.83. The number of rotatable bonds is 3. The number of nitro groups is 1. The first-order chi connectivity index (χ1) is 9.51. The number of nitriles is 1. The molecule has 0 spiro atoms. The first kappa shape index (κ1) is 13.5. The zero-order chi connectivity index (χ0) is 14.7. The molecule has 0 amide bonds. The molecule has 0 radical (unpaired) electrons. The molecule has 0 saturated heterocycles. The molecule has 0 aliphatic rings. The van der Waals surface area contributed by atoms with Gasteiger partial charge in [-0.2, -0.15) is 5.26 Å². The molecule has 0 saturated carbocycles. The lowest BCUT2D eigenvalue weighted by molar-refractivity contribution is -0.385. The second-order valence-corrected chi connectivity index (χ2v) is 4.15. The Morgan fingerprint density at radius 1 is 1.25 bits per heavy atom. The minimum Gasteiger partial charge on any atom is -0.344 e. The predicted octanol–water partition coefficient (Wildman–Crippen LogP) is 3.37. The second-order valence-electron chi connectivity index (χ2n) is 4.15. The van der Waals surface area contributed by atoms with Crippen molar-refractivity contribution in [2.24, 2.45) is 0 Å². The van der Waals surface area contributed by atoms with Crippen molar-refractivity contribution in [1.29, 1.82) is 5.26 Å². The van der Waals surface area contributed by atoms with E-state index >= 15 is 0 Å². The summed E-state index contributed by atoms with van der Waals surface area (Å²) in [6, 6.07) is 12.0. The molecule has 0 fully saturated rings. The standard InChI is InChI=1S/C14H10FN3O2/c1-17(12-4-2-3-10(5-12)9-16)13-6-11(15)7-14(8-13)18(19)20/h2-8H,1H3. The van der Waals surface area contributed by atoms with Gasteiger partial charge in [0.25, 0.3) is 5.69 Å². The molecule has 0 aliphatic heterocycles. The summed E-state index contributed by atoms with van der Waals surface area (Å²) in [6.45, 7) is 0. The summed E-state index contributed by atoms with van der Waals surface area (Å²) in [4.78, 5) is 11.7. The smallest absolute Gasteiger partial charge is 0.274 e. The number of hydrogen-bond acceptors (Lipinski definition) is 4. The van der Waals surface area contributed by atoms with Crippen LogP contribution in [0, 0.1) is 27.3 Å². The average Bonchev–Trinajstić information content (AvgIpc) is 2.45. The first-order valence-corrected chi connectivity index (χ1v) is 5.70. The lowest BCUT2D eigenvalue weighted by Gasteiger charge is -2.19. The lowest BCUT2D eigenvalue weighted by Crippen LogP contribution is -2.10. The van der Waals surface area contributed by atoms with Gasteiger partial charge in [0.2, 0.25) is 0 Å². The van der Waals surface area contributed by atoms with Crippen molar-refractivity contribution in [3.8, 4) is 6.07 Å². The average molecular weight is 271 g/mol. The summed E-state index contributed by atoms with van der Waals surface area (Å²) in [6.07, 6.45) is 0. The van der Waals surface area contributed by atoms with Crippen LogP contribution < -0.4 is 4.90 Å². The fourth-order valence-electron chi connectivity index (χ4n) is 1.79. The van der Waals surface area contributed by atoms with E-state index in [1.807, 2.05) is 6.07 Å². The molecule has 0 heterocycles. The normalized spacial score (nSPS) is 9.85. The Morgan fingerprint density at radius 3 is 2.65 bits per heavy atom. The van der Waals surface area contributed by atoms with E-state index in [0.717, 1.165) is 6.07 Å². The van der Waals surface area contributed by atoms with Gasteiger partial charge in [-0.15, -0.1) is 0 Å². The van der Waals surface area contributed by atoms with E-state index < -0.39 is 10.7 Å². The van der Waals surface area contributed by atoms with Gasteiger partial charge >= 0.3 is 0 Å². The van der Waals surface area contributed by atoms with Crippen LogP contribution in [-0.2, 0) is 0 Å². The number of anilines is 2. The van der Waals surface area contributed by atoms with Crippen molar-refractivity contribution in [2.75, 3.05) is 11.9 Å². The van der Waals surface area contributed by atoms with Gasteiger partial charge in [-0.1, -0.05) is 6.07 Å². The van der Waals surface area contributed by atoms with Crippen LogP contribution in [-0.4, -0.2) is 12.0 Å². The van der Waals surface area contributed by atoms with E-state index in [-0.39, 0.29) is 5.69 Å². The number of nitrogens with zero attached hydrogens (tertiary/aromatic N) is 3.